The fourth-order valence-corrected chi connectivity index (χ4v) is 5.09. The lowest BCUT2D eigenvalue weighted by Crippen LogP contribution is -2.24. The van der Waals surface area contributed by atoms with Gasteiger partial charge in [0.15, 0.2) is 5.69 Å². The molecule has 7 heteroatoms. The molecule has 0 radical (unpaired) electrons. The van der Waals surface area contributed by atoms with Gasteiger partial charge in [-0.1, -0.05) is 18.2 Å². The third kappa shape index (κ3) is 3.25. The monoisotopic (exact) mass is 386 g/mol. The van der Waals surface area contributed by atoms with Gasteiger partial charge in [-0.25, -0.2) is 4.79 Å². The third-order valence-electron chi connectivity index (χ3n) is 5.38. The Balaban J connectivity index is 1.76. The van der Waals surface area contributed by atoms with Crippen molar-refractivity contribution in [1.82, 2.24) is 9.78 Å². The summed E-state index contributed by atoms with van der Waals surface area (Å²) in [5.74, 6) is -0.693. The molecule has 2 aromatic rings. The van der Waals surface area contributed by atoms with Gasteiger partial charge in [-0.2, -0.15) is 5.10 Å². The third-order valence-corrected chi connectivity index (χ3v) is 6.48. The summed E-state index contributed by atoms with van der Waals surface area (Å²) in [6.07, 6.45) is 2.78. The molecule has 0 saturated heterocycles. The average molecular weight is 386 g/mol. The number of benzene rings is 1. The quantitative estimate of drug-likeness (QED) is 0.795. The van der Waals surface area contributed by atoms with Gasteiger partial charge in [0.25, 0.3) is 0 Å². The predicted molar refractivity (Wildman–Crippen MR) is 102 cm³/mol. The van der Waals surface area contributed by atoms with Crippen LogP contribution in [0.25, 0.3) is 11.3 Å². The Morgan fingerprint density at radius 1 is 1.26 bits per heavy atom. The number of aromatic nitrogens is 2. The van der Waals surface area contributed by atoms with E-state index in [1.807, 2.05) is 16.8 Å². The van der Waals surface area contributed by atoms with E-state index >= 15 is 0 Å². The van der Waals surface area contributed by atoms with Crippen LogP contribution in [0, 0.1) is 5.92 Å². The summed E-state index contributed by atoms with van der Waals surface area (Å²) in [5, 5.41) is 14.0. The fraction of sp³-hybridized carbons (Fsp3) is 0.450. The summed E-state index contributed by atoms with van der Waals surface area (Å²) in [7, 11) is 0. The molecule has 1 aromatic heterocycles. The molecule has 1 saturated carbocycles. The molecule has 4 rings (SSSR count). The number of ether oxygens (including phenoxy) is 1. The summed E-state index contributed by atoms with van der Waals surface area (Å²) >= 11 is 1.71. The minimum atomic E-state index is -0.718. The van der Waals surface area contributed by atoms with Gasteiger partial charge < -0.3 is 9.84 Å². The van der Waals surface area contributed by atoms with Crippen LogP contribution < -0.4 is 0 Å². The number of carbonyl (C=O) groups excluding carboxylic acids is 1. The molecule has 1 aliphatic carbocycles. The molecule has 1 N–H and O–H groups in total. The lowest BCUT2D eigenvalue weighted by Gasteiger charge is -2.28. The van der Waals surface area contributed by atoms with E-state index in [0.717, 1.165) is 29.7 Å². The number of hydrogen-bond donors (Lipinski definition) is 1. The minimum Gasteiger partial charge on any atom is -0.481 e. The maximum absolute atomic E-state index is 12.5. The Bertz CT molecular complexity index is 884. The molecule has 0 bridgehead atoms. The standard InChI is InChI=1S/C20H22N2O4S/c1-2-26-20(25)17-15-11-27-16-6-4-3-5-14(16)18(15)22(21-17)13-9-7-12(8-10-13)19(23)24/h3-6,12-13H,2,7-11H2,1H3,(H,23,24). The molecular formula is C20H22N2O4S. The topological polar surface area (TPSA) is 81.4 Å². The van der Waals surface area contributed by atoms with Crippen molar-refractivity contribution in [2.75, 3.05) is 6.61 Å². The van der Waals surface area contributed by atoms with E-state index in [1.54, 1.807) is 18.7 Å². The summed E-state index contributed by atoms with van der Waals surface area (Å²) in [6.45, 7) is 2.10. The molecule has 27 heavy (non-hydrogen) atoms. The molecule has 2 aliphatic rings. The highest BCUT2D eigenvalue weighted by Crippen LogP contribution is 2.45. The number of rotatable bonds is 4. The first-order valence-electron chi connectivity index (χ1n) is 9.33. The van der Waals surface area contributed by atoms with Gasteiger partial charge in [-0.05, 0) is 38.7 Å². The molecule has 0 atom stereocenters. The highest BCUT2D eigenvalue weighted by atomic mass is 32.2. The van der Waals surface area contributed by atoms with E-state index in [9.17, 15) is 14.7 Å². The van der Waals surface area contributed by atoms with Crippen LogP contribution in [0.2, 0.25) is 0 Å². The van der Waals surface area contributed by atoms with Gasteiger partial charge >= 0.3 is 11.9 Å². The lowest BCUT2D eigenvalue weighted by atomic mass is 9.86. The van der Waals surface area contributed by atoms with Crippen LogP contribution >= 0.6 is 11.8 Å². The number of hydrogen-bond acceptors (Lipinski definition) is 5. The molecular weight excluding hydrogens is 364 g/mol. The van der Waals surface area contributed by atoms with Gasteiger partial charge in [-0.3, -0.25) is 9.48 Å². The summed E-state index contributed by atoms with van der Waals surface area (Å²) < 4.78 is 7.20. The number of esters is 1. The first-order chi connectivity index (χ1) is 13.1. The minimum absolute atomic E-state index is 0.105. The smallest absolute Gasteiger partial charge is 0.359 e. The molecule has 0 spiro atoms. The predicted octanol–water partition coefficient (Wildman–Crippen LogP) is 4.15. The zero-order valence-corrected chi connectivity index (χ0v) is 16.0. The summed E-state index contributed by atoms with van der Waals surface area (Å²) in [4.78, 5) is 24.9. The van der Waals surface area contributed by atoms with Crippen molar-refractivity contribution in [3.05, 3.63) is 35.5 Å². The zero-order valence-electron chi connectivity index (χ0n) is 15.2. The fourth-order valence-electron chi connectivity index (χ4n) is 4.02. The van der Waals surface area contributed by atoms with Gasteiger partial charge in [0.1, 0.15) is 0 Å². The summed E-state index contributed by atoms with van der Waals surface area (Å²) in [6, 6.07) is 8.27. The van der Waals surface area contributed by atoms with Crippen molar-refractivity contribution < 1.29 is 19.4 Å². The Hall–Kier alpha value is -2.28. The number of nitrogens with zero attached hydrogens (tertiary/aromatic N) is 2. The number of carboxylic acids is 1. The molecule has 0 amide bonds. The molecule has 2 heterocycles. The second-order valence-corrected chi connectivity index (χ2v) is 7.99. The van der Waals surface area contributed by atoms with Crippen molar-refractivity contribution >= 4 is 23.7 Å². The van der Waals surface area contributed by atoms with Crippen molar-refractivity contribution in [3.8, 4) is 11.3 Å². The van der Waals surface area contributed by atoms with Gasteiger partial charge in [-0.15, -0.1) is 11.8 Å². The number of thioether (sulfide) groups is 1. The average Bonchev–Trinajstić information content (AvgIpc) is 3.08. The van der Waals surface area contributed by atoms with E-state index in [4.69, 9.17) is 4.74 Å². The highest BCUT2D eigenvalue weighted by Gasteiger charge is 2.34. The number of carboxylic acid groups (broad SMARTS) is 1. The highest BCUT2D eigenvalue weighted by molar-refractivity contribution is 7.98. The van der Waals surface area contributed by atoms with E-state index in [-0.39, 0.29) is 17.9 Å². The van der Waals surface area contributed by atoms with Crippen LogP contribution in [0.5, 0.6) is 0 Å². The van der Waals surface area contributed by atoms with Crippen molar-refractivity contribution in [1.29, 1.82) is 0 Å². The maximum Gasteiger partial charge on any atom is 0.359 e. The van der Waals surface area contributed by atoms with Crippen LogP contribution in [0.15, 0.2) is 29.2 Å². The van der Waals surface area contributed by atoms with Crippen LogP contribution in [0.4, 0.5) is 0 Å². The second kappa shape index (κ2) is 7.38. The molecule has 0 unspecified atom stereocenters. The molecule has 6 nitrogen and oxygen atoms in total. The number of carbonyl (C=O) groups is 2. The molecule has 1 aliphatic heterocycles. The van der Waals surface area contributed by atoms with Gasteiger partial charge in [0, 0.05) is 21.8 Å². The second-order valence-electron chi connectivity index (χ2n) is 6.97. The summed E-state index contributed by atoms with van der Waals surface area (Å²) in [5.41, 5.74) is 3.41. The van der Waals surface area contributed by atoms with Crippen molar-refractivity contribution in [2.45, 2.75) is 49.3 Å². The first kappa shape index (κ1) is 18.1. The molecule has 142 valence electrons. The molecule has 1 fully saturated rings. The Morgan fingerprint density at radius 2 is 2.00 bits per heavy atom. The van der Waals surface area contributed by atoms with E-state index in [2.05, 4.69) is 17.2 Å². The Labute approximate surface area is 161 Å². The van der Waals surface area contributed by atoms with E-state index < -0.39 is 5.97 Å². The number of fused-ring (bicyclic) bond motifs is 3. The maximum atomic E-state index is 12.5. The van der Waals surface area contributed by atoms with Crippen molar-refractivity contribution in [2.24, 2.45) is 5.92 Å². The van der Waals surface area contributed by atoms with Crippen LogP contribution in [-0.4, -0.2) is 33.4 Å². The Morgan fingerprint density at radius 3 is 2.70 bits per heavy atom. The Kier molecular flexibility index (Phi) is 4.95. The van der Waals surface area contributed by atoms with Crippen molar-refractivity contribution in [3.63, 3.8) is 0 Å². The van der Waals surface area contributed by atoms with Crippen LogP contribution in [0.3, 0.4) is 0 Å². The normalized spacial score (nSPS) is 21.2. The van der Waals surface area contributed by atoms with Gasteiger partial charge in [0.2, 0.25) is 0 Å². The SMILES string of the molecule is CCOC(=O)c1nn(C2CCC(C(=O)O)CC2)c2c1CSc1ccccc1-2. The van der Waals surface area contributed by atoms with Gasteiger partial charge in [0.05, 0.1) is 24.3 Å². The van der Waals surface area contributed by atoms with Crippen LogP contribution in [-0.2, 0) is 15.3 Å². The van der Waals surface area contributed by atoms with Crippen LogP contribution in [0.1, 0.15) is 54.7 Å². The number of aliphatic carboxylic acids is 1. The van der Waals surface area contributed by atoms with E-state index in [1.165, 1.54) is 4.90 Å². The largest absolute Gasteiger partial charge is 0.481 e. The first-order valence-corrected chi connectivity index (χ1v) is 10.3. The zero-order chi connectivity index (χ0) is 19.0. The molecule has 1 aromatic carbocycles. The lowest BCUT2D eigenvalue weighted by molar-refractivity contribution is -0.143. The van der Waals surface area contributed by atoms with E-state index in [0.29, 0.717) is 30.9 Å².